The zero-order valence-corrected chi connectivity index (χ0v) is 16.3. The molecule has 0 bridgehead atoms. The van der Waals surface area contributed by atoms with Crippen LogP contribution in [0, 0.1) is 0 Å². The lowest BCUT2D eigenvalue weighted by molar-refractivity contribution is -0.131. The van der Waals surface area contributed by atoms with E-state index in [1.165, 1.54) is 6.39 Å². The number of ether oxygens (including phenoxy) is 1. The van der Waals surface area contributed by atoms with E-state index in [9.17, 15) is 4.79 Å². The molecule has 0 fully saturated rings. The Kier molecular flexibility index (Phi) is 6.02. The number of hydrogen-bond donors (Lipinski definition) is 0. The van der Waals surface area contributed by atoms with Crippen molar-refractivity contribution in [1.29, 1.82) is 0 Å². The fourth-order valence-electron chi connectivity index (χ4n) is 2.92. The van der Waals surface area contributed by atoms with Crippen LogP contribution in [0.2, 0.25) is 0 Å². The van der Waals surface area contributed by atoms with E-state index in [1.807, 2.05) is 36.4 Å². The molecular formula is C23H18N2O3S. The molecule has 4 aromatic rings. The second-order valence-electron chi connectivity index (χ2n) is 6.25. The predicted molar refractivity (Wildman–Crippen MR) is 113 cm³/mol. The van der Waals surface area contributed by atoms with E-state index in [0.717, 1.165) is 16.7 Å². The maximum atomic E-state index is 12.4. The molecule has 1 aromatic heterocycles. The highest BCUT2D eigenvalue weighted by Crippen LogP contribution is 2.35. The third-order valence-corrected chi connectivity index (χ3v) is 5.55. The molecule has 1 heterocycles. The molecule has 0 atom stereocenters. The highest BCUT2D eigenvalue weighted by molar-refractivity contribution is 8.00. The van der Waals surface area contributed by atoms with Gasteiger partial charge in [0.05, 0.1) is 11.0 Å². The number of aromatic nitrogens is 2. The van der Waals surface area contributed by atoms with Gasteiger partial charge in [0, 0.05) is 5.56 Å². The van der Waals surface area contributed by atoms with Crippen LogP contribution in [0.4, 0.5) is 0 Å². The summed E-state index contributed by atoms with van der Waals surface area (Å²) < 4.78 is 10.6. The molecule has 6 heteroatoms. The molecule has 0 aliphatic heterocycles. The van der Waals surface area contributed by atoms with Gasteiger partial charge in [-0.2, -0.15) is 0 Å². The van der Waals surface area contributed by atoms with Gasteiger partial charge in [0.2, 0.25) is 12.3 Å². The van der Waals surface area contributed by atoms with Crippen molar-refractivity contribution >= 4 is 17.7 Å². The number of thioether (sulfide) groups is 1. The first-order valence-corrected chi connectivity index (χ1v) is 10.1. The van der Waals surface area contributed by atoms with Crippen LogP contribution in [0.3, 0.4) is 0 Å². The molecule has 144 valence electrons. The first kappa shape index (κ1) is 19.0. The van der Waals surface area contributed by atoms with Crippen molar-refractivity contribution in [2.24, 2.45) is 0 Å². The molecule has 0 aliphatic rings. The SMILES string of the molecule is O=C(CSC(c1ccccc1)c1ccccc1)Oc1ccc(-c2nnco2)cc1. The molecule has 0 N–H and O–H groups in total. The van der Waals surface area contributed by atoms with Gasteiger partial charge in [-0.3, -0.25) is 4.79 Å². The Morgan fingerprint density at radius 3 is 2.07 bits per heavy atom. The minimum Gasteiger partial charge on any atom is -0.426 e. The van der Waals surface area contributed by atoms with Crippen LogP contribution in [0.1, 0.15) is 16.4 Å². The second kappa shape index (κ2) is 9.21. The molecule has 0 spiro atoms. The van der Waals surface area contributed by atoms with E-state index in [-0.39, 0.29) is 17.0 Å². The molecule has 0 saturated heterocycles. The van der Waals surface area contributed by atoms with Gasteiger partial charge in [0.1, 0.15) is 5.75 Å². The van der Waals surface area contributed by atoms with Crippen LogP contribution in [0.5, 0.6) is 5.75 Å². The number of nitrogens with zero attached hydrogens (tertiary/aromatic N) is 2. The van der Waals surface area contributed by atoms with Crippen molar-refractivity contribution in [3.63, 3.8) is 0 Å². The largest absolute Gasteiger partial charge is 0.426 e. The standard InChI is InChI=1S/C23H18N2O3S/c26-21(28-20-13-11-19(12-14-20)23-25-24-16-27-23)15-29-22(17-7-3-1-4-8-17)18-9-5-2-6-10-18/h1-14,16,22H,15H2. The summed E-state index contributed by atoms with van der Waals surface area (Å²) in [6.07, 6.45) is 1.27. The van der Waals surface area contributed by atoms with E-state index in [4.69, 9.17) is 9.15 Å². The highest BCUT2D eigenvalue weighted by Gasteiger charge is 2.17. The number of benzene rings is 3. The predicted octanol–water partition coefficient (Wildman–Crippen LogP) is 5.16. The Morgan fingerprint density at radius 1 is 0.897 bits per heavy atom. The van der Waals surface area contributed by atoms with Crippen molar-refractivity contribution in [3.05, 3.63) is 102 Å². The summed E-state index contributed by atoms with van der Waals surface area (Å²) in [7, 11) is 0. The molecule has 0 saturated carbocycles. The van der Waals surface area contributed by atoms with Gasteiger partial charge in [0.25, 0.3) is 0 Å². The highest BCUT2D eigenvalue weighted by atomic mass is 32.2. The summed E-state index contributed by atoms with van der Waals surface area (Å²) in [5, 5.41) is 7.57. The fraction of sp³-hybridized carbons (Fsp3) is 0.0870. The van der Waals surface area contributed by atoms with Gasteiger partial charge in [-0.1, -0.05) is 60.7 Å². The lowest BCUT2D eigenvalue weighted by atomic mass is 10.0. The topological polar surface area (TPSA) is 65.2 Å². The number of hydrogen-bond acceptors (Lipinski definition) is 6. The summed E-state index contributed by atoms with van der Waals surface area (Å²) >= 11 is 1.55. The smallest absolute Gasteiger partial charge is 0.321 e. The molecular weight excluding hydrogens is 384 g/mol. The lowest BCUT2D eigenvalue weighted by Gasteiger charge is -2.17. The maximum absolute atomic E-state index is 12.4. The first-order valence-electron chi connectivity index (χ1n) is 9.08. The normalized spacial score (nSPS) is 10.8. The number of carbonyl (C=O) groups is 1. The van der Waals surface area contributed by atoms with Crippen LogP contribution in [-0.4, -0.2) is 21.9 Å². The molecule has 29 heavy (non-hydrogen) atoms. The van der Waals surface area contributed by atoms with Crippen molar-refractivity contribution in [3.8, 4) is 17.2 Å². The first-order chi connectivity index (χ1) is 14.3. The second-order valence-corrected chi connectivity index (χ2v) is 7.35. The summed E-state index contributed by atoms with van der Waals surface area (Å²) in [4.78, 5) is 12.4. The van der Waals surface area contributed by atoms with E-state index in [1.54, 1.807) is 36.0 Å². The number of carbonyl (C=O) groups excluding carboxylic acids is 1. The van der Waals surface area contributed by atoms with Gasteiger partial charge in [0.15, 0.2) is 0 Å². The fourth-order valence-corrected chi connectivity index (χ4v) is 3.98. The molecule has 0 unspecified atom stereocenters. The molecule has 0 radical (unpaired) electrons. The van der Waals surface area contributed by atoms with Crippen molar-refractivity contribution in [2.75, 3.05) is 5.75 Å². The van der Waals surface area contributed by atoms with E-state index < -0.39 is 0 Å². The van der Waals surface area contributed by atoms with Crippen LogP contribution < -0.4 is 4.74 Å². The molecule has 5 nitrogen and oxygen atoms in total. The van der Waals surface area contributed by atoms with Gasteiger partial charge in [-0.15, -0.1) is 22.0 Å². The summed E-state index contributed by atoms with van der Waals surface area (Å²) in [5.41, 5.74) is 3.07. The molecule has 0 amide bonds. The third-order valence-electron chi connectivity index (χ3n) is 4.27. The minimum absolute atomic E-state index is 0.0600. The average molecular weight is 402 g/mol. The Balaban J connectivity index is 1.40. The van der Waals surface area contributed by atoms with Crippen LogP contribution in [-0.2, 0) is 4.79 Å². The number of esters is 1. The van der Waals surface area contributed by atoms with E-state index >= 15 is 0 Å². The van der Waals surface area contributed by atoms with Gasteiger partial charge < -0.3 is 9.15 Å². The van der Waals surface area contributed by atoms with Crippen LogP contribution in [0.15, 0.2) is 95.7 Å². The summed E-state index contributed by atoms with van der Waals surface area (Å²) in [6, 6.07) is 27.3. The van der Waals surface area contributed by atoms with Crippen molar-refractivity contribution in [1.82, 2.24) is 10.2 Å². The number of rotatable bonds is 7. The van der Waals surface area contributed by atoms with Gasteiger partial charge in [-0.05, 0) is 35.4 Å². The van der Waals surface area contributed by atoms with Gasteiger partial charge >= 0.3 is 5.97 Å². The van der Waals surface area contributed by atoms with E-state index in [0.29, 0.717) is 11.6 Å². The molecule has 4 rings (SSSR count). The zero-order chi connectivity index (χ0) is 19.9. The quantitative estimate of drug-likeness (QED) is 0.314. The summed E-state index contributed by atoms with van der Waals surface area (Å²) in [6.45, 7) is 0. The Hall–Kier alpha value is -3.38. The Bertz CT molecular complexity index is 997. The van der Waals surface area contributed by atoms with E-state index in [2.05, 4.69) is 34.5 Å². The maximum Gasteiger partial charge on any atom is 0.321 e. The van der Waals surface area contributed by atoms with Crippen LogP contribution in [0.25, 0.3) is 11.5 Å². The molecule has 0 aliphatic carbocycles. The summed E-state index contributed by atoms with van der Waals surface area (Å²) in [5.74, 6) is 0.846. The van der Waals surface area contributed by atoms with Gasteiger partial charge in [-0.25, -0.2) is 0 Å². The molecule has 3 aromatic carbocycles. The minimum atomic E-state index is -0.294. The van der Waals surface area contributed by atoms with Crippen molar-refractivity contribution in [2.45, 2.75) is 5.25 Å². The third kappa shape index (κ3) is 4.92. The Morgan fingerprint density at radius 2 is 1.52 bits per heavy atom. The Labute approximate surface area is 172 Å². The average Bonchev–Trinajstić information content (AvgIpc) is 3.31. The monoisotopic (exact) mass is 402 g/mol. The van der Waals surface area contributed by atoms with Crippen molar-refractivity contribution < 1.29 is 13.9 Å². The lowest BCUT2D eigenvalue weighted by Crippen LogP contribution is -2.12. The van der Waals surface area contributed by atoms with Crippen LogP contribution >= 0.6 is 11.8 Å². The zero-order valence-electron chi connectivity index (χ0n) is 15.5.